The monoisotopic (exact) mass is 269 g/mol. The van der Waals surface area contributed by atoms with Crippen molar-refractivity contribution in [1.29, 1.82) is 0 Å². The number of aryl methyl sites for hydroxylation is 2. The van der Waals surface area contributed by atoms with Gasteiger partial charge in [0.1, 0.15) is 5.82 Å². The Morgan fingerprint density at radius 3 is 2.80 bits per heavy atom. The highest BCUT2D eigenvalue weighted by molar-refractivity contribution is 5.81. The minimum absolute atomic E-state index is 0.623. The molecular formula is C15H19N5. The first-order chi connectivity index (χ1) is 9.61. The van der Waals surface area contributed by atoms with Crippen LogP contribution < -0.4 is 5.73 Å². The Morgan fingerprint density at radius 2 is 2.05 bits per heavy atom. The highest BCUT2D eigenvalue weighted by atomic mass is 15.1. The van der Waals surface area contributed by atoms with E-state index in [1.165, 1.54) is 5.69 Å². The molecule has 2 heterocycles. The van der Waals surface area contributed by atoms with Crippen LogP contribution in [0, 0.1) is 6.92 Å². The van der Waals surface area contributed by atoms with E-state index in [9.17, 15) is 0 Å². The van der Waals surface area contributed by atoms with Crippen molar-refractivity contribution in [1.82, 2.24) is 19.1 Å². The maximum absolute atomic E-state index is 5.72. The van der Waals surface area contributed by atoms with Crippen LogP contribution in [0.5, 0.6) is 0 Å². The lowest BCUT2D eigenvalue weighted by Crippen LogP contribution is -2.08. The quantitative estimate of drug-likeness (QED) is 0.788. The fourth-order valence-corrected chi connectivity index (χ4v) is 2.59. The van der Waals surface area contributed by atoms with E-state index < -0.39 is 0 Å². The van der Waals surface area contributed by atoms with Gasteiger partial charge >= 0.3 is 0 Å². The van der Waals surface area contributed by atoms with Crippen LogP contribution in [0.1, 0.15) is 11.5 Å². The number of benzene rings is 1. The van der Waals surface area contributed by atoms with Gasteiger partial charge in [0.15, 0.2) is 0 Å². The zero-order valence-electron chi connectivity index (χ0n) is 12.1. The molecule has 3 aromatic rings. The Labute approximate surface area is 118 Å². The predicted octanol–water partition coefficient (Wildman–Crippen LogP) is 1.78. The third-order valence-electron chi connectivity index (χ3n) is 3.82. The molecule has 2 aromatic heterocycles. The van der Waals surface area contributed by atoms with E-state index in [0.29, 0.717) is 6.54 Å². The van der Waals surface area contributed by atoms with Gasteiger partial charge in [-0.3, -0.25) is 0 Å². The first-order valence-corrected chi connectivity index (χ1v) is 6.75. The van der Waals surface area contributed by atoms with Crippen molar-refractivity contribution in [2.24, 2.45) is 19.8 Å². The van der Waals surface area contributed by atoms with E-state index in [-0.39, 0.29) is 0 Å². The van der Waals surface area contributed by atoms with Gasteiger partial charge in [0, 0.05) is 31.8 Å². The molecule has 5 nitrogen and oxygen atoms in total. The van der Waals surface area contributed by atoms with Crippen molar-refractivity contribution in [3.8, 4) is 11.3 Å². The van der Waals surface area contributed by atoms with Crippen LogP contribution in [0.3, 0.4) is 0 Å². The minimum atomic E-state index is 0.623. The number of hydrogen-bond acceptors (Lipinski definition) is 3. The molecule has 0 spiro atoms. The summed E-state index contributed by atoms with van der Waals surface area (Å²) < 4.78 is 4.13. The van der Waals surface area contributed by atoms with Crippen molar-refractivity contribution in [3.05, 3.63) is 36.0 Å². The van der Waals surface area contributed by atoms with Crippen molar-refractivity contribution in [2.45, 2.75) is 13.3 Å². The largest absolute Gasteiger partial charge is 0.335 e. The van der Waals surface area contributed by atoms with E-state index in [0.717, 1.165) is 34.5 Å². The molecule has 0 saturated heterocycles. The van der Waals surface area contributed by atoms with Gasteiger partial charge < -0.3 is 14.9 Å². The summed E-state index contributed by atoms with van der Waals surface area (Å²) in [7, 11) is 4.04. The van der Waals surface area contributed by atoms with E-state index in [4.69, 9.17) is 5.73 Å². The second-order valence-electron chi connectivity index (χ2n) is 5.11. The minimum Gasteiger partial charge on any atom is -0.335 e. The maximum atomic E-state index is 5.72. The molecule has 0 unspecified atom stereocenters. The van der Waals surface area contributed by atoms with Gasteiger partial charge in [0.2, 0.25) is 0 Å². The fraction of sp³-hybridized carbons (Fsp3) is 0.333. The standard InChI is InChI=1S/C15H19N5/c1-10-18-15(14(6-7-16)20(10)3)11-4-5-13-12(8-11)17-9-19(13)2/h4-5,8-9H,6-7,16H2,1-3H3. The van der Waals surface area contributed by atoms with Crippen molar-refractivity contribution < 1.29 is 0 Å². The molecule has 0 radical (unpaired) electrons. The molecule has 104 valence electrons. The SMILES string of the molecule is Cc1nc(-c2ccc3c(c2)ncn3C)c(CCN)n1C. The Hall–Kier alpha value is -2.14. The Kier molecular flexibility index (Phi) is 3.06. The van der Waals surface area contributed by atoms with Crippen LogP contribution in [0.2, 0.25) is 0 Å². The zero-order chi connectivity index (χ0) is 14.3. The second kappa shape index (κ2) is 4.76. The van der Waals surface area contributed by atoms with Crippen LogP contribution >= 0.6 is 0 Å². The number of nitrogens with zero attached hydrogens (tertiary/aromatic N) is 4. The smallest absolute Gasteiger partial charge is 0.106 e. The molecule has 2 N–H and O–H groups in total. The Balaban J connectivity index is 2.17. The molecule has 3 rings (SSSR count). The Bertz CT molecular complexity index is 766. The van der Waals surface area contributed by atoms with Crippen molar-refractivity contribution >= 4 is 11.0 Å². The maximum Gasteiger partial charge on any atom is 0.106 e. The number of fused-ring (bicyclic) bond motifs is 1. The molecule has 0 fully saturated rings. The summed E-state index contributed by atoms with van der Waals surface area (Å²) in [5.41, 5.74) is 11.1. The van der Waals surface area contributed by atoms with Crippen LogP contribution in [-0.2, 0) is 20.5 Å². The summed E-state index contributed by atoms with van der Waals surface area (Å²) in [5.74, 6) is 1.00. The van der Waals surface area contributed by atoms with Gasteiger partial charge in [-0.25, -0.2) is 9.97 Å². The molecule has 0 bridgehead atoms. The number of aromatic nitrogens is 4. The average molecular weight is 269 g/mol. The molecule has 0 amide bonds. The van der Waals surface area contributed by atoms with Crippen LogP contribution in [0.25, 0.3) is 22.3 Å². The van der Waals surface area contributed by atoms with Crippen LogP contribution in [0.15, 0.2) is 24.5 Å². The zero-order valence-corrected chi connectivity index (χ0v) is 12.1. The number of rotatable bonds is 3. The lowest BCUT2D eigenvalue weighted by molar-refractivity contribution is 0.778. The summed E-state index contributed by atoms with van der Waals surface area (Å²) >= 11 is 0. The summed E-state index contributed by atoms with van der Waals surface area (Å²) in [5, 5.41) is 0. The highest BCUT2D eigenvalue weighted by Gasteiger charge is 2.14. The van der Waals surface area contributed by atoms with Crippen LogP contribution in [0.4, 0.5) is 0 Å². The lowest BCUT2D eigenvalue weighted by Gasteiger charge is -2.05. The predicted molar refractivity (Wildman–Crippen MR) is 80.4 cm³/mol. The van der Waals surface area contributed by atoms with E-state index in [1.54, 1.807) is 0 Å². The summed E-state index contributed by atoms with van der Waals surface area (Å²) in [6, 6.07) is 6.29. The molecule has 20 heavy (non-hydrogen) atoms. The van der Waals surface area contributed by atoms with Crippen molar-refractivity contribution in [3.63, 3.8) is 0 Å². The second-order valence-corrected chi connectivity index (χ2v) is 5.11. The topological polar surface area (TPSA) is 61.7 Å². The molecule has 5 heteroatoms. The molecule has 0 aliphatic carbocycles. The number of imidazole rings is 2. The summed E-state index contributed by atoms with van der Waals surface area (Å²) in [6.07, 6.45) is 2.66. The average Bonchev–Trinajstić information content (AvgIpc) is 2.94. The third kappa shape index (κ3) is 1.91. The molecule has 0 atom stereocenters. The van der Waals surface area contributed by atoms with Crippen molar-refractivity contribution in [2.75, 3.05) is 6.54 Å². The van der Waals surface area contributed by atoms with E-state index in [1.807, 2.05) is 31.9 Å². The first kappa shape index (κ1) is 12.9. The fourth-order valence-electron chi connectivity index (χ4n) is 2.59. The van der Waals surface area contributed by atoms with Gasteiger partial charge in [0.05, 0.1) is 23.1 Å². The molecule has 1 aromatic carbocycles. The normalized spacial score (nSPS) is 11.4. The van der Waals surface area contributed by atoms with Gasteiger partial charge in [-0.15, -0.1) is 0 Å². The van der Waals surface area contributed by atoms with Crippen LogP contribution in [-0.4, -0.2) is 25.6 Å². The van der Waals surface area contributed by atoms with Gasteiger partial charge in [-0.2, -0.15) is 0 Å². The third-order valence-corrected chi connectivity index (χ3v) is 3.82. The number of nitrogens with two attached hydrogens (primary N) is 1. The Morgan fingerprint density at radius 1 is 1.25 bits per heavy atom. The van der Waals surface area contributed by atoms with Gasteiger partial charge in [0.25, 0.3) is 0 Å². The van der Waals surface area contributed by atoms with E-state index >= 15 is 0 Å². The highest BCUT2D eigenvalue weighted by Crippen LogP contribution is 2.26. The number of hydrogen-bond donors (Lipinski definition) is 1. The molecule has 0 saturated carbocycles. The van der Waals surface area contributed by atoms with Gasteiger partial charge in [-0.05, 0) is 25.6 Å². The molecular weight excluding hydrogens is 250 g/mol. The summed E-state index contributed by atoms with van der Waals surface area (Å²) in [6.45, 7) is 2.64. The summed E-state index contributed by atoms with van der Waals surface area (Å²) in [4.78, 5) is 9.10. The van der Waals surface area contributed by atoms with E-state index in [2.05, 4.69) is 32.7 Å². The first-order valence-electron chi connectivity index (χ1n) is 6.75. The molecule has 0 aliphatic heterocycles. The lowest BCUT2D eigenvalue weighted by atomic mass is 10.1. The van der Waals surface area contributed by atoms with Gasteiger partial charge in [-0.1, -0.05) is 6.07 Å². The molecule has 0 aliphatic rings.